The molecule has 82 valence electrons. The van der Waals surface area contributed by atoms with Crippen molar-refractivity contribution < 1.29 is 0 Å². The third kappa shape index (κ3) is 2.25. The Balaban J connectivity index is 2.23. The Labute approximate surface area is 96.3 Å². The zero-order valence-electron chi connectivity index (χ0n) is 9.28. The van der Waals surface area contributed by atoms with Gasteiger partial charge in [0.25, 0.3) is 0 Å². The summed E-state index contributed by atoms with van der Waals surface area (Å²) >= 11 is 5.84. The van der Waals surface area contributed by atoms with E-state index in [1.165, 1.54) is 19.3 Å². The van der Waals surface area contributed by atoms with Crippen molar-refractivity contribution in [3.63, 3.8) is 0 Å². The Bertz CT molecular complexity index is 313. The van der Waals surface area contributed by atoms with E-state index in [2.05, 4.69) is 23.7 Å². The average molecular weight is 225 g/mol. The number of hydrogen-bond acceptors (Lipinski definition) is 2. The lowest BCUT2D eigenvalue weighted by Gasteiger charge is -2.40. The predicted octanol–water partition coefficient (Wildman–Crippen LogP) is 3.50. The number of rotatable bonds is 1. The van der Waals surface area contributed by atoms with Gasteiger partial charge in [-0.3, -0.25) is 0 Å². The molecule has 0 aromatic carbocycles. The molecule has 0 saturated carbocycles. The Morgan fingerprint density at radius 2 is 1.93 bits per heavy atom. The van der Waals surface area contributed by atoms with Crippen molar-refractivity contribution in [1.82, 2.24) is 4.98 Å². The van der Waals surface area contributed by atoms with Crippen molar-refractivity contribution in [1.29, 1.82) is 0 Å². The molecular weight excluding hydrogens is 208 g/mol. The summed E-state index contributed by atoms with van der Waals surface area (Å²) < 4.78 is 0. The summed E-state index contributed by atoms with van der Waals surface area (Å²) in [7, 11) is 0. The molecule has 0 bridgehead atoms. The number of nitrogens with zero attached hydrogens (tertiary/aromatic N) is 2. The molecule has 0 N–H and O–H groups in total. The van der Waals surface area contributed by atoms with Gasteiger partial charge in [0.15, 0.2) is 0 Å². The molecule has 2 rings (SSSR count). The molecule has 2 unspecified atom stereocenters. The number of pyridine rings is 1. The molecule has 15 heavy (non-hydrogen) atoms. The van der Waals surface area contributed by atoms with Crippen LogP contribution in [0.25, 0.3) is 0 Å². The van der Waals surface area contributed by atoms with E-state index in [9.17, 15) is 0 Å². The largest absolute Gasteiger partial charge is 0.351 e. The van der Waals surface area contributed by atoms with Crippen LogP contribution in [-0.4, -0.2) is 17.1 Å². The number of hydrogen-bond donors (Lipinski definition) is 0. The first-order chi connectivity index (χ1) is 7.18. The molecule has 0 radical (unpaired) electrons. The quantitative estimate of drug-likeness (QED) is 0.726. The topological polar surface area (TPSA) is 16.1 Å². The first-order valence-electron chi connectivity index (χ1n) is 5.58. The van der Waals surface area contributed by atoms with Crippen molar-refractivity contribution >= 4 is 17.4 Å². The highest BCUT2D eigenvalue weighted by molar-refractivity contribution is 6.30. The van der Waals surface area contributed by atoms with Crippen molar-refractivity contribution in [3.8, 4) is 0 Å². The SMILES string of the molecule is CC1CCCC(C)N1c1ccc(Cl)cn1. The molecule has 1 aliphatic heterocycles. The van der Waals surface area contributed by atoms with Crippen LogP contribution in [-0.2, 0) is 0 Å². The second kappa shape index (κ2) is 4.40. The number of aromatic nitrogens is 1. The van der Waals surface area contributed by atoms with Gasteiger partial charge in [-0.15, -0.1) is 0 Å². The molecule has 0 aliphatic carbocycles. The van der Waals surface area contributed by atoms with E-state index in [1.54, 1.807) is 6.20 Å². The minimum atomic E-state index is 0.586. The van der Waals surface area contributed by atoms with E-state index < -0.39 is 0 Å². The Hall–Kier alpha value is -0.760. The molecule has 2 heterocycles. The zero-order valence-corrected chi connectivity index (χ0v) is 10.0. The van der Waals surface area contributed by atoms with Crippen molar-refractivity contribution in [2.45, 2.75) is 45.2 Å². The fourth-order valence-electron chi connectivity index (χ4n) is 2.39. The monoisotopic (exact) mass is 224 g/mol. The Morgan fingerprint density at radius 1 is 1.27 bits per heavy atom. The number of piperidine rings is 1. The van der Waals surface area contributed by atoms with Crippen LogP contribution in [0, 0.1) is 0 Å². The lowest BCUT2D eigenvalue weighted by Crippen LogP contribution is -2.44. The molecule has 1 fully saturated rings. The molecule has 0 spiro atoms. The highest BCUT2D eigenvalue weighted by Gasteiger charge is 2.25. The summed E-state index contributed by atoms with van der Waals surface area (Å²) in [6, 6.07) is 5.10. The maximum atomic E-state index is 5.84. The van der Waals surface area contributed by atoms with Crippen molar-refractivity contribution in [2.75, 3.05) is 4.90 Å². The van der Waals surface area contributed by atoms with Crippen LogP contribution in [0.1, 0.15) is 33.1 Å². The van der Waals surface area contributed by atoms with Gasteiger partial charge < -0.3 is 4.90 Å². The first kappa shape index (κ1) is 10.7. The Kier molecular flexibility index (Phi) is 3.15. The summed E-state index contributed by atoms with van der Waals surface area (Å²) in [5.41, 5.74) is 0. The van der Waals surface area contributed by atoms with Crippen LogP contribution in [0.4, 0.5) is 5.82 Å². The van der Waals surface area contributed by atoms with Crippen LogP contribution in [0.2, 0.25) is 5.02 Å². The van der Waals surface area contributed by atoms with Crippen LogP contribution >= 0.6 is 11.6 Å². The summed E-state index contributed by atoms with van der Waals surface area (Å²) in [5.74, 6) is 1.05. The number of anilines is 1. The maximum absolute atomic E-state index is 5.84. The minimum absolute atomic E-state index is 0.586. The summed E-state index contributed by atoms with van der Waals surface area (Å²) in [4.78, 5) is 6.80. The van der Waals surface area contributed by atoms with Gasteiger partial charge >= 0.3 is 0 Å². The minimum Gasteiger partial charge on any atom is -0.351 e. The summed E-state index contributed by atoms with van der Waals surface area (Å²) in [6.07, 6.45) is 5.57. The lowest BCUT2D eigenvalue weighted by atomic mass is 9.97. The van der Waals surface area contributed by atoms with E-state index >= 15 is 0 Å². The molecule has 3 heteroatoms. The van der Waals surface area contributed by atoms with Gasteiger partial charge in [-0.2, -0.15) is 0 Å². The third-order valence-electron chi connectivity index (χ3n) is 3.17. The van der Waals surface area contributed by atoms with Crippen LogP contribution in [0.15, 0.2) is 18.3 Å². The second-order valence-electron chi connectivity index (χ2n) is 4.37. The second-order valence-corrected chi connectivity index (χ2v) is 4.81. The van der Waals surface area contributed by atoms with Gasteiger partial charge in [0, 0.05) is 18.3 Å². The predicted molar refractivity (Wildman–Crippen MR) is 64.5 cm³/mol. The first-order valence-corrected chi connectivity index (χ1v) is 5.96. The molecule has 1 aromatic heterocycles. The Morgan fingerprint density at radius 3 is 2.47 bits per heavy atom. The number of halogens is 1. The van der Waals surface area contributed by atoms with E-state index in [0.717, 1.165) is 5.82 Å². The van der Waals surface area contributed by atoms with E-state index in [-0.39, 0.29) is 0 Å². The van der Waals surface area contributed by atoms with Crippen LogP contribution in [0.3, 0.4) is 0 Å². The van der Waals surface area contributed by atoms with Gasteiger partial charge in [0.1, 0.15) is 5.82 Å². The van der Waals surface area contributed by atoms with E-state index in [1.807, 2.05) is 12.1 Å². The van der Waals surface area contributed by atoms with Crippen molar-refractivity contribution in [2.24, 2.45) is 0 Å². The zero-order chi connectivity index (χ0) is 10.8. The highest BCUT2D eigenvalue weighted by Crippen LogP contribution is 2.27. The van der Waals surface area contributed by atoms with Crippen LogP contribution < -0.4 is 4.90 Å². The average Bonchev–Trinajstić information content (AvgIpc) is 2.20. The standard InChI is InChI=1S/C12H17ClN2/c1-9-4-3-5-10(2)15(9)12-7-6-11(13)8-14-12/h6-10H,3-5H2,1-2H3. The lowest BCUT2D eigenvalue weighted by molar-refractivity contribution is 0.411. The van der Waals surface area contributed by atoms with Crippen molar-refractivity contribution in [3.05, 3.63) is 23.4 Å². The van der Waals surface area contributed by atoms with Gasteiger partial charge in [-0.25, -0.2) is 4.98 Å². The fourth-order valence-corrected chi connectivity index (χ4v) is 2.51. The van der Waals surface area contributed by atoms with E-state index in [4.69, 9.17) is 11.6 Å². The highest BCUT2D eigenvalue weighted by atomic mass is 35.5. The van der Waals surface area contributed by atoms with E-state index in [0.29, 0.717) is 17.1 Å². The smallest absolute Gasteiger partial charge is 0.129 e. The molecule has 2 atom stereocenters. The van der Waals surface area contributed by atoms with Gasteiger partial charge in [-0.1, -0.05) is 11.6 Å². The molecular formula is C12H17ClN2. The fraction of sp³-hybridized carbons (Fsp3) is 0.583. The van der Waals surface area contributed by atoms with Gasteiger partial charge in [-0.05, 0) is 45.2 Å². The van der Waals surface area contributed by atoms with Gasteiger partial charge in [0.05, 0.1) is 5.02 Å². The molecule has 1 aliphatic rings. The summed E-state index contributed by atoms with van der Waals surface area (Å²) in [6.45, 7) is 4.54. The molecule has 1 aromatic rings. The van der Waals surface area contributed by atoms with Gasteiger partial charge in [0.2, 0.25) is 0 Å². The molecule has 0 amide bonds. The maximum Gasteiger partial charge on any atom is 0.129 e. The van der Waals surface area contributed by atoms with Crippen LogP contribution in [0.5, 0.6) is 0 Å². The normalized spacial score (nSPS) is 26.7. The summed E-state index contributed by atoms with van der Waals surface area (Å²) in [5, 5.41) is 0.705. The molecule has 2 nitrogen and oxygen atoms in total. The molecule has 1 saturated heterocycles. The third-order valence-corrected chi connectivity index (χ3v) is 3.39.